The van der Waals surface area contributed by atoms with Crippen molar-refractivity contribution < 1.29 is 14.3 Å². The molecule has 28 heavy (non-hydrogen) atoms. The smallest absolute Gasteiger partial charge is 0.312 e. The molecule has 0 fully saturated rings. The van der Waals surface area contributed by atoms with Crippen molar-refractivity contribution in [1.82, 2.24) is 10.2 Å². The molecule has 0 saturated carbocycles. The highest BCUT2D eigenvalue weighted by Crippen LogP contribution is 2.28. The zero-order valence-corrected chi connectivity index (χ0v) is 15.3. The molecule has 3 aromatic rings. The number of esters is 1. The van der Waals surface area contributed by atoms with Crippen molar-refractivity contribution in [2.24, 2.45) is 0 Å². The minimum Gasteiger partial charge on any atom is -0.452 e. The lowest BCUT2D eigenvalue weighted by molar-refractivity contribution is -0.153. The van der Waals surface area contributed by atoms with Crippen molar-refractivity contribution >= 4 is 28.3 Å². The number of anilines is 1. The number of hydrogen-bond donors (Lipinski definition) is 1. The van der Waals surface area contributed by atoms with E-state index in [0.717, 1.165) is 17.7 Å². The highest BCUT2D eigenvalue weighted by atomic mass is 16.5. The number of H-pyrrole nitrogens is 1. The maximum Gasteiger partial charge on any atom is 0.312 e. The van der Waals surface area contributed by atoms with E-state index in [2.05, 4.69) is 10.2 Å². The molecule has 2 heterocycles. The Morgan fingerprint density at radius 1 is 1.14 bits per heavy atom. The first-order valence-corrected chi connectivity index (χ1v) is 9.09. The second-order valence-corrected chi connectivity index (χ2v) is 6.72. The van der Waals surface area contributed by atoms with Crippen LogP contribution in [0.3, 0.4) is 0 Å². The van der Waals surface area contributed by atoms with Gasteiger partial charge in [-0.15, -0.1) is 0 Å². The summed E-state index contributed by atoms with van der Waals surface area (Å²) in [5.41, 5.74) is 2.07. The van der Waals surface area contributed by atoms with Crippen LogP contribution in [0, 0.1) is 0 Å². The number of carbonyl (C=O) groups excluding carboxylic acids is 2. The molecule has 142 valence electrons. The Balaban J connectivity index is 1.47. The molecule has 1 aromatic heterocycles. The van der Waals surface area contributed by atoms with E-state index in [1.807, 2.05) is 24.3 Å². The molecule has 0 aliphatic carbocycles. The Bertz CT molecular complexity index is 1120. The average Bonchev–Trinajstić information content (AvgIpc) is 3.14. The molecule has 1 amide bonds. The Hall–Kier alpha value is -3.48. The van der Waals surface area contributed by atoms with Crippen LogP contribution in [0.2, 0.25) is 0 Å². The number of aromatic nitrogens is 2. The number of carbonyl (C=O) groups is 2. The fraction of sp³-hybridized carbons (Fsp3) is 0.238. The van der Waals surface area contributed by atoms with E-state index in [4.69, 9.17) is 4.74 Å². The summed E-state index contributed by atoms with van der Waals surface area (Å²) >= 11 is 0. The summed E-state index contributed by atoms with van der Waals surface area (Å²) in [4.78, 5) is 38.6. The van der Waals surface area contributed by atoms with Crippen molar-refractivity contribution in [3.63, 3.8) is 0 Å². The zero-order valence-electron chi connectivity index (χ0n) is 15.3. The number of hydrogen-bond acceptors (Lipinski definition) is 5. The number of ether oxygens (including phenoxy) is 1. The third-order valence-electron chi connectivity index (χ3n) is 4.90. The van der Waals surface area contributed by atoms with Crippen LogP contribution >= 0.6 is 0 Å². The van der Waals surface area contributed by atoms with Crippen molar-refractivity contribution in [2.45, 2.75) is 25.9 Å². The van der Waals surface area contributed by atoms with Gasteiger partial charge < -0.3 is 9.64 Å². The third kappa shape index (κ3) is 3.26. The third-order valence-corrected chi connectivity index (χ3v) is 4.90. The molecule has 1 N–H and O–H groups in total. The van der Waals surface area contributed by atoms with Crippen LogP contribution in [0.4, 0.5) is 5.69 Å². The van der Waals surface area contributed by atoms with E-state index in [1.54, 1.807) is 36.1 Å². The first kappa shape index (κ1) is 17.9. The van der Waals surface area contributed by atoms with Crippen LogP contribution in [0.5, 0.6) is 0 Å². The number of benzene rings is 2. The molecule has 0 bridgehead atoms. The van der Waals surface area contributed by atoms with Crippen molar-refractivity contribution in [1.29, 1.82) is 0 Å². The summed E-state index contributed by atoms with van der Waals surface area (Å²) in [7, 11) is 0. The van der Waals surface area contributed by atoms with Gasteiger partial charge in [-0.3, -0.25) is 14.4 Å². The minimum atomic E-state index is -0.910. The van der Waals surface area contributed by atoms with Gasteiger partial charge in [0.25, 0.3) is 11.5 Å². The SMILES string of the molecule is CC(OC(=O)Cc1n[nH]c(=O)c2ccccc12)C(=O)N1CCc2ccccc21. The van der Waals surface area contributed by atoms with Crippen molar-refractivity contribution in [2.75, 3.05) is 11.4 Å². The van der Waals surface area contributed by atoms with E-state index < -0.39 is 12.1 Å². The van der Waals surface area contributed by atoms with Gasteiger partial charge in [0.05, 0.1) is 17.5 Å². The summed E-state index contributed by atoms with van der Waals surface area (Å²) in [6.45, 7) is 2.14. The number of fused-ring (bicyclic) bond motifs is 2. The molecule has 0 spiro atoms. The molecule has 7 heteroatoms. The van der Waals surface area contributed by atoms with Gasteiger partial charge in [-0.05, 0) is 31.0 Å². The molecule has 1 aliphatic rings. The van der Waals surface area contributed by atoms with E-state index >= 15 is 0 Å². The molecule has 1 aliphatic heterocycles. The van der Waals surface area contributed by atoms with E-state index in [0.29, 0.717) is 23.0 Å². The highest BCUT2D eigenvalue weighted by molar-refractivity contribution is 5.99. The van der Waals surface area contributed by atoms with E-state index in [9.17, 15) is 14.4 Å². The first-order chi connectivity index (χ1) is 13.5. The number of nitrogens with zero attached hydrogens (tertiary/aromatic N) is 2. The molecule has 1 unspecified atom stereocenters. The van der Waals surface area contributed by atoms with Gasteiger partial charge >= 0.3 is 5.97 Å². The fourth-order valence-electron chi connectivity index (χ4n) is 3.52. The standard InChI is InChI=1S/C21H19N3O4/c1-13(21(27)24-11-10-14-6-2-5-9-18(14)24)28-19(25)12-17-15-7-3-4-8-16(15)20(26)23-22-17/h2-9,13H,10-12H2,1H3,(H,23,26). The van der Waals surface area contributed by atoms with Crippen LogP contribution < -0.4 is 10.5 Å². The summed E-state index contributed by atoms with van der Waals surface area (Å²) in [5.74, 6) is -0.824. The van der Waals surface area contributed by atoms with Crippen LogP contribution in [-0.4, -0.2) is 34.7 Å². The van der Waals surface area contributed by atoms with Crippen molar-refractivity contribution in [3.8, 4) is 0 Å². The van der Waals surface area contributed by atoms with Gasteiger partial charge in [0.15, 0.2) is 6.10 Å². The lowest BCUT2D eigenvalue weighted by Gasteiger charge is -2.21. The van der Waals surface area contributed by atoms with Crippen LogP contribution in [-0.2, 0) is 27.2 Å². The summed E-state index contributed by atoms with van der Waals surface area (Å²) in [5, 5.41) is 7.41. The molecule has 0 radical (unpaired) electrons. The van der Waals surface area contributed by atoms with Gasteiger partial charge in [-0.1, -0.05) is 36.4 Å². The van der Waals surface area contributed by atoms with Gasteiger partial charge in [-0.2, -0.15) is 5.10 Å². The predicted molar refractivity (Wildman–Crippen MR) is 104 cm³/mol. The molecule has 0 saturated heterocycles. The second kappa shape index (κ2) is 7.26. The average molecular weight is 377 g/mol. The number of amides is 1. The molecule has 4 rings (SSSR count). The normalized spacial score (nSPS) is 14.0. The molecular formula is C21H19N3O4. The molecule has 2 aromatic carbocycles. The second-order valence-electron chi connectivity index (χ2n) is 6.72. The molecule has 7 nitrogen and oxygen atoms in total. The van der Waals surface area contributed by atoms with E-state index in [-0.39, 0.29) is 17.9 Å². The zero-order chi connectivity index (χ0) is 19.7. The number of nitrogens with one attached hydrogen (secondary N) is 1. The topological polar surface area (TPSA) is 92.4 Å². The molecular weight excluding hydrogens is 358 g/mol. The van der Waals surface area contributed by atoms with Crippen molar-refractivity contribution in [3.05, 3.63) is 70.1 Å². The fourth-order valence-corrected chi connectivity index (χ4v) is 3.52. The maximum atomic E-state index is 12.7. The number of aromatic amines is 1. The van der Waals surface area contributed by atoms with Crippen LogP contribution in [0.15, 0.2) is 53.3 Å². The van der Waals surface area contributed by atoms with Gasteiger partial charge in [-0.25, -0.2) is 5.10 Å². The summed E-state index contributed by atoms with van der Waals surface area (Å²) < 4.78 is 5.36. The number of rotatable bonds is 4. The first-order valence-electron chi connectivity index (χ1n) is 9.09. The highest BCUT2D eigenvalue weighted by Gasteiger charge is 2.29. The van der Waals surface area contributed by atoms with Crippen LogP contribution in [0.1, 0.15) is 18.2 Å². The minimum absolute atomic E-state index is 0.133. The predicted octanol–water partition coefficient (Wildman–Crippen LogP) is 1.99. The Morgan fingerprint density at radius 2 is 1.86 bits per heavy atom. The largest absolute Gasteiger partial charge is 0.452 e. The Labute approximate surface area is 160 Å². The Kier molecular flexibility index (Phi) is 4.65. The summed E-state index contributed by atoms with van der Waals surface area (Å²) in [6.07, 6.45) is -0.255. The monoisotopic (exact) mass is 377 g/mol. The lowest BCUT2D eigenvalue weighted by Crippen LogP contribution is -2.39. The van der Waals surface area contributed by atoms with Gasteiger partial charge in [0.2, 0.25) is 0 Å². The summed E-state index contributed by atoms with van der Waals surface area (Å²) in [6, 6.07) is 14.6. The van der Waals surface area contributed by atoms with E-state index in [1.165, 1.54) is 0 Å². The quantitative estimate of drug-likeness (QED) is 0.702. The van der Waals surface area contributed by atoms with Crippen LogP contribution in [0.25, 0.3) is 10.8 Å². The lowest BCUT2D eigenvalue weighted by atomic mass is 10.1. The Morgan fingerprint density at radius 3 is 2.68 bits per heavy atom. The number of para-hydroxylation sites is 1. The van der Waals surface area contributed by atoms with Gasteiger partial charge in [0, 0.05) is 17.6 Å². The molecule has 1 atom stereocenters. The maximum absolute atomic E-state index is 12.7. The van der Waals surface area contributed by atoms with Gasteiger partial charge in [0.1, 0.15) is 0 Å².